The first-order valence-electron chi connectivity index (χ1n) is 8.99. The average Bonchev–Trinajstić information content (AvgIpc) is 3.15. The molecule has 4 rings (SSSR count). The third kappa shape index (κ3) is 3.38. The number of ether oxygens (including phenoxy) is 3. The van der Waals surface area contributed by atoms with Gasteiger partial charge in [-0.2, -0.15) is 5.10 Å². The lowest BCUT2D eigenvalue weighted by Crippen LogP contribution is -2.24. The van der Waals surface area contributed by atoms with Crippen LogP contribution in [0, 0.1) is 0 Å². The van der Waals surface area contributed by atoms with Crippen LogP contribution >= 0.6 is 11.6 Å². The highest BCUT2D eigenvalue weighted by molar-refractivity contribution is 6.30. The van der Waals surface area contributed by atoms with Gasteiger partial charge in [-0.1, -0.05) is 17.7 Å². The van der Waals surface area contributed by atoms with Crippen molar-refractivity contribution in [3.05, 3.63) is 58.7 Å². The Bertz CT molecular complexity index is 1050. The second-order valence-corrected chi connectivity index (χ2v) is 7.04. The molecule has 8 heteroatoms. The molecule has 0 unspecified atom stereocenters. The molecule has 0 radical (unpaired) electrons. The molecule has 7 nitrogen and oxygen atoms in total. The van der Waals surface area contributed by atoms with Crippen LogP contribution in [0.5, 0.6) is 17.2 Å². The zero-order valence-electron chi connectivity index (χ0n) is 16.2. The molecular formula is C21H20ClN3O4. The van der Waals surface area contributed by atoms with E-state index in [1.54, 1.807) is 44.3 Å². The topological polar surface area (TPSA) is 74.6 Å². The summed E-state index contributed by atoms with van der Waals surface area (Å²) >= 11 is 6.13. The number of benzene rings is 2. The number of halogens is 1. The van der Waals surface area contributed by atoms with Crippen molar-refractivity contribution in [1.29, 1.82) is 0 Å². The van der Waals surface area contributed by atoms with Gasteiger partial charge in [-0.15, -0.1) is 0 Å². The van der Waals surface area contributed by atoms with E-state index in [2.05, 4.69) is 10.4 Å². The minimum Gasteiger partial charge on any atom is -0.493 e. The van der Waals surface area contributed by atoms with E-state index in [9.17, 15) is 4.79 Å². The number of nitrogens with one attached hydrogen (secondary N) is 1. The predicted molar refractivity (Wildman–Crippen MR) is 110 cm³/mol. The lowest BCUT2D eigenvalue weighted by molar-refractivity contribution is -0.116. The maximum atomic E-state index is 12.5. The highest BCUT2D eigenvalue weighted by Crippen LogP contribution is 2.44. The third-order valence-corrected chi connectivity index (χ3v) is 5.20. The second-order valence-electron chi connectivity index (χ2n) is 6.60. The van der Waals surface area contributed by atoms with Gasteiger partial charge in [0.15, 0.2) is 11.5 Å². The highest BCUT2D eigenvalue weighted by Gasteiger charge is 2.31. The van der Waals surface area contributed by atoms with E-state index >= 15 is 0 Å². The Morgan fingerprint density at radius 3 is 2.45 bits per heavy atom. The van der Waals surface area contributed by atoms with Crippen molar-refractivity contribution in [3.8, 4) is 22.9 Å². The van der Waals surface area contributed by atoms with Gasteiger partial charge >= 0.3 is 0 Å². The first-order valence-corrected chi connectivity index (χ1v) is 9.37. The Balaban J connectivity index is 1.84. The first kappa shape index (κ1) is 19.1. The van der Waals surface area contributed by atoms with Crippen LogP contribution < -0.4 is 19.5 Å². The Hall–Kier alpha value is -3.19. The third-order valence-electron chi connectivity index (χ3n) is 4.96. The van der Waals surface area contributed by atoms with Crippen molar-refractivity contribution in [2.45, 2.75) is 12.3 Å². The number of rotatable bonds is 5. The molecule has 1 aromatic heterocycles. The Morgan fingerprint density at radius 1 is 1.10 bits per heavy atom. The molecule has 1 N–H and O–H groups in total. The number of carbonyl (C=O) groups is 1. The van der Waals surface area contributed by atoms with E-state index in [4.69, 9.17) is 25.8 Å². The number of fused-ring (bicyclic) bond motifs is 1. The summed E-state index contributed by atoms with van der Waals surface area (Å²) in [5, 5.41) is 8.02. The van der Waals surface area contributed by atoms with E-state index in [0.717, 1.165) is 16.8 Å². The molecule has 1 atom stereocenters. The van der Waals surface area contributed by atoms with Gasteiger partial charge in [-0.3, -0.25) is 4.79 Å². The number of hydrogen-bond acceptors (Lipinski definition) is 5. The molecule has 0 aliphatic carbocycles. The summed E-state index contributed by atoms with van der Waals surface area (Å²) in [6.45, 7) is 0. The molecule has 2 heterocycles. The number of hydrogen-bond donors (Lipinski definition) is 1. The molecule has 1 amide bonds. The van der Waals surface area contributed by atoms with Gasteiger partial charge in [0.25, 0.3) is 0 Å². The van der Waals surface area contributed by atoms with Gasteiger partial charge in [-0.05, 0) is 35.9 Å². The number of carbonyl (C=O) groups excluding carboxylic acids is 1. The number of nitrogens with zero attached hydrogens (tertiary/aromatic N) is 2. The molecular weight excluding hydrogens is 394 g/mol. The van der Waals surface area contributed by atoms with Crippen LogP contribution in [0.4, 0.5) is 5.82 Å². The van der Waals surface area contributed by atoms with Gasteiger partial charge < -0.3 is 19.5 Å². The first-order chi connectivity index (χ1) is 14.0. The monoisotopic (exact) mass is 413 g/mol. The van der Waals surface area contributed by atoms with Crippen LogP contribution in [0.2, 0.25) is 5.02 Å². The van der Waals surface area contributed by atoms with Crippen molar-refractivity contribution in [1.82, 2.24) is 9.78 Å². The summed E-state index contributed by atoms with van der Waals surface area (Å²) in [6, 6.07) is 11.0. The van der Waals surface area contributed by atoms with Crippen molar-refractivity contribution < 1.29 is 19.0 Å². The molecule has 0 spiro atoms. The van der Waals surface area contributed by atoms with Crippen LogP contribution in [0.15, 0.2) is 42.6 Å². The lowest BCUT2D eigenvalue weighted by atomic mass is 9.87. The quantitative estimate of drug-likeness (QED) is 0.683. The van der Waals surface area contributed by atoms with Gasteiger partial charge in [-0.25, -0.2) is 4.68 Å². The Kier molecular flexibility index (Phi) is 5.07. The molecule has 0 saturated heterocycles. The molecule has 29 heavy (non-hydrogen) atoms. The zero-order valence-corrected chi connectivity index (χ0v) is 17.0. The van der Waals surface area contributed by atoms with Crippen LogP contribution in [0.3, 0.4) is 0 Å². The Morgan fingerprint density at radius 2 is 1.83 bits per heavy atom. The van der Waals surface area contributed by atoms with Gasteiger partial charge in [0.1, 0.15) is 5.82 Å². The molecule has 1 aliphatic heterocycles. The van der Waals surface area contributed by atoms with Crippen molar-refractivity contribution in [2.75, 3.05) is 26.6 Å². The van der Waals surface area contributed by atoms with Crippen LogP contribution in [0.25, 0.3) is 5.69 Å². The summed E-state index contributed by atoms with van der Waals surface area (Å²) < 4.78 is 18.0. The lowest BCUT2D eigenvalue weighted by Gasteiger charge is -2.25. The minimum atomic E-state index is -0.208. The van der Waals surface area contributed by atoms with E-state index in [-0.39, 0.29) is 18.2 Å². The fraction of sp³-hybridized carbons (Fsp3) is 0.238. The summed E-state index contributed by atoms with van der Waals surface area (Å²) in [6.07, 6.45) is 2.05. The SMILES string of the molecule is COc1cc([C@H]2CC(=O)Nc3c2cnn3-c2cccc(Cl)c2)cc(OC)c1OC. The molecule has 0 saturated carbocycles. The maximum Gasteiger partial charge on any atom is 0.226 e. The molecule has 2 aromatic carbocycles. The molecule has 0 fully saturated rings. The predicted octanol–water partition coefficient (Wildman–Crippen LogP) is 4.03. The maximum absolute atomic E-state index is 12.5. The Labute approximate surface area is 173 Å². The normalized spacial score (nSPS) is 15.4. The number of aromatic nitrogens is 2. The minimum absolute atomic E-state index is 0.0972. The second kappa shape index (κ2) is 7.67. The van der Waals surface area contributed by atoms with Gasteiger partial charge in [0, 0.05) is 22.9 Å². The molecule has 150 valence electrons. The van der Waals surface area contributed by atoms with Crippen molar-refractivity contribution >= 4 is 23.3 Å². The number of methoxy groups -OCH3 is 3. The van der Waals surface area contributed by atoms with E-state index in [1.165, 1.54) is 0 Å². The van der Waals surface area contributed by atoms with E-state index in [1.807, 2.05) is 24.3 Å². The zero-order chi connectivity index (χ0) is 20.5. The summed E-state index contributed by atoms with van der Waals surface area (Å²) in [7, 11) is 4.69. The summed E-state index contributed by atoms with van der Waals surface area (Å²) in [4.78, 5) is 12.5. The fourth-order valence-electron chi connectivity index (χ4n) is 3.62. The van der Waals surface area contributed by atoms with Crippen LogP contribution in [0.1, 0.15) is 23.5 Å². The van der Waals surface area contributed by atoms with Gasteiger partial charge in [0.2, 0.25) is 11.7 Å². The van der Waals surface area contributed by atoms with E-state index in [0.29, 0.717) is 28.1 Å². The molecule has 1 aliphatic rings. The summed E-state index contributed by atoms with van der Waals surface area (Å²) in [5.41, 5.74) is 2.55. The van der Waals surface area contributed by atoms with Crippen molar-refractivity contribution in [3.63, 3.8) is 0 Å². The standard InChI is InChI=1S/C21H20ClN3O4/c1-27-17-7-12(8-18(28-2)20(17)29-3)15-10-19(26)24-21-16(15)11-23-25(21)14-6-4-5-13(22)9-14/h4-9,11,15H,10H2,1-3H3,(H,24,26)/t15-/m1/s1. The smallest absolute Gasteiger partial charge is 0.226 e. The average molecular weight is 414 g/mol. The largest absolute Gasteiger partial charge is 0.493 e. The molecule has 0 bridgehead atoms. The highest BCUT2D eigenvalue weighted by atomic mass is 35.5. The number of anilines is 1. The van der Waals surface area contributed by atoms with Gasteiger partial charge in [0.05, 0.1) is 33.2 Å². The summed E-state index contributed by atoms with van der Waals surface area (Å²) in [5.74, 6) is 1.91. The fourth-order valence-corrected chi connectivity index (χ4v) is 3.81. The van der Waals surface area contributed by atoms with Crippen molar-refractivity contribution in [2.24, 2.45) is 0 Å². The molecule has 3 aromatic rings. The van der Waals surface area contributed by atoms with Crippen LogP contribution in [-0.4, -0.2) is 37.0 Å². The van der Waals surface area contributed by atoms with Crippen LogP contribution in [-0.2, 0) is 4.79 Å². The van der Waals surface area contributed by atoms with E-state index < -0.39 is 0 Å². The number of amides is 1.